The Morgan fingerprint density at radius 2 is 1.02 bits per heavy atom. The van der Waals surface area contributed by atoms with Gasteiger partial charge >= 0.3 is 0 Å². The van der Waals surface area contributed by atoms with Crippen LogP contribution in [0.5, 0.6) is 11.5 Å². The number of rotatable bonds is 1. The van der Waals surface area contributed by atoms with Gasteiger partial charge in [-0.1, -0.05) is 109 Å². The molecule has 3 heteroatoms. The van der Waals surface area contributed by atoms with E-state index in [0.717, 1.165) is 22.7 Å². The smallest absolute Gasteiger partial charge is 0.133 e. The number of fused-ring (bicyclic) bond motifs is 14. The highest BCUT2D eigenvalue weighted by Crippen LogP contribution is 2.61. The monoisotopic (exact) mass is 586 g/mol. The molecule has 214 valence electrons. The molecule has 0 N–H and O–H groups in total. The molecule has 0 bridgehead atoms. The Morgan fingerprint density at radius 3 is 1.87 bits per heavy atom. The quantitative estimate of drug-likeness (QED) is 0.187. The van der Waals surface area contributed by atoms with Crippen molar-refractivity contribution in [2.75, 3.05) is 0 Å². The van der Waals surface area contributed by atoms with Gasteiger partial charge in [-0.05, 0) is 59.7 Å². The molecule has 2 aliphatic heterocycles. The highest BCUT2D eigenvalue weighted by molar-refractivity contribution is 6.13. The normalized spacial score (nSPS) is 16.1. The lowest BCUT2D eigenvalue weighted by atomic mass is 9.61. The summed E-state index contributed by atoms with van der Waals surface area (Å²) >= 11 is 0. The molecule has 2 aromatic heterocycles. The summed E-state index contributed by atoms with van der Waals surface area (Å²) in [6.07, 6.45) is 0. The molecule has 0 saturated heterocycles. The molecule has 0 radical (unpaired) electrons. The summed E-state index contributed by atoms with van der Waals surface area (Å²) in [5, 5.41) is 4.94. The summed E-state index contributed by atoms with van der Waals surface area (Å²) in [6.45, 7) is 0. The number of benzene rings is 7. The predicted octanol–water partition coefficient (Wildman–Crippen LogP) is 10.7. The van der Waals surface area contributed by atoms with Gasteiger partial charge < -0.3 is 13.9 Å². The molecule has 1 spiro atoms. The maximum absolute atomic E-state index is 6.92. The van der Waals surface area contributed by atoms with E-state index in [1.54, 1.807) is 0 Å². The molecule has 0 amide bonds. The van der Waals surface area contributed by atoms with Crippen molar-refractivity contribution >= 4 is 43.6 Å². The van der Waals surface area contributed by atoms with Gasteiger partial charge in [0.15, 0.2) is 0 Å². The Bertz CT molecular complexity index is 2730. The SMILES string of the molecule is c1ccc(-n2c3ccccc3c3cc4c(cc32)C2(c3ccccc3O4)c3ccccc3-n3c4ccccc4c4cccc2c43)cc1. The van der Waals surface area contributed by atoms with Gasteiger partial charge in [0.1, 0.15) is 11.5 Å². The van der Waals surface area contributed by atoms with Crippen LogP contribution in [0.1, 0.15) is 22.3 Å². The van der Waals surface area contributed by atoms with Gasteiger partial charge in [0.25, 0.3) is 0 Å². The molecule has 1 unspecified atom stereocenters. The van der Waals surface area contributed by atoms with Crippen LogP contribution in [0.15, 0.2) is 158 Å². The Morgan fingerprint density at radius 1 is 0.391 bits per heavy atom. The van der Waals surface area contributed by atoms with Crippen LogP contribution in [0.4, 0.5) is 0 Å². The highest BCUT2D eigenvalue weighted by Gasteiger charge is 2.50. The molecule has 0 aliphatic carbocycles. The van der Waals surface area contributed by atoms with E-state index in [-0.39, 0.29) is 0 Å². The van der Waals surface area contributed by atoms with Gasteiger partial charge in [-0.3, -0.25) is 0 Å². The first-order valence-electron chi connectivity index (χ1n) is 15.9. The molecule has 0 saturated carbocycles. The van der Waals surface area contributed by atoms with Crippen molar-refractivity contribution in [3.8, 4) is 22.9 Å². The summed E-state index contributed by atoms with van der Waals surface area (Å²) in [5.41, 5.74) is 11.5. The lowest BCUT2D eigenvalue weighted by molar-refractivity contribution is 0.435. The van der Waals surface area contributed by atoms with Crippen LogP contribution in [0.3, 0.4) is 0 Å². The molecule has 7 aromatic carbocycles. The van der Waals surface area contributed by atoms with Crippen LogP contribution in [-0.4, -0.2) is 9.13 Å². The first kappa shape index (κ1) is 24.3. The lowest BCUT2D eigenvalue weighted by Crippen LogP contribution is -2.37. The average Bonchev–Trinajstić information content (AvgIpc) is 3.63. The van der Waals surface area contributed by atoms with E-state index in [9.17, 15) is 0 Å². The summed E-state index contributed by atoms with van der Waals surface area (Å²) < 4.78 is 11.8. The van der Waals surface area contributed by atoms with Crippen LogP contribution in [-0.2, 0) is 5.41 Å². The molecular formula is C43H26N2O. The van der Waals surface area contributed by atoms with Gasteiger partial charge in [-0.2, -0.15) is 0 Å². The van der Waals surface area contributed by atoms with E-state index in [4.69, 9.17) is 4.74 Å². The van der Waals surface area contributed by atoms with Crippen molar-refractivity contribution < 1.29 is 4.74 Å². The topological polar surface area (TPSA) is 19.1 Å². The largest absolute Gasteiger partial charge is 0.457 e. The summed E-state index contributed by atoms with van der Waals surface area (Å²) in [6, 6.07) is 57.4. The van der Waals surface area contributed by atoms with Gasteiger partial charge in [0.05, 0.1) is 33.2 Å². The molecule has 3 nitrogen and oxygen atoms in total. The maximum Gasteiger partial charge on any atom is 0.133 e. The van der Waals surface area contributed by atoms with Crippen LogP contribution < -0.4 is 4.74 Å². The minimum absolute atomic E-state index is 0.600. The standard InChI is InChI=1S/C43H26N2O/c1-2-13-27(14-3-1)44-36-21-8-5-16-29(36)31-25-41-35(26-39(31)44)43(33-19-7-11-24-40(33)46-41)32-18-6-10-23-38(32)45-37-22-9-4-15-28(37)30-17-12-20-34(43)42(30)45/h1-26H. The molecule has 46 heavy (non-hydrogen) atoms. The summed E-state index contributed by atoms with van der Waals surface area (Å²) in [5.74, 6) is 1.80. The van der Waals surface area contributed by atoms with E-state index in [0.29, 0.717) is 0 Å². The lowest BCUT2D eigenvalue weighted by Gasteiger charge is -2.45. The second kappa shape index (κ2) is 8.56. The first-order chi connectivity index (χ1) is 22.8. The zero-order chi connectivity index (χ0) is 30.0. The van der Waals surface area contributed by atoms with Gasteiger partial charge in [0, 0.05) is 38.4 Å². The third-order valence-electron chi connectivity index (χ3n) is 10.4. The zero-order valence-electron chi connectivity index (χ0n) is 24.8. The predicted molar refractivity (Wildman–Crippen MR) is 187 cm³/mol. The average molecular weight is 587 g/mol. The fourth-order valence-corrected chi connectivity index (χ4v) is 8.64. The number of nitrogens with zero attached hydrogens (tertiary/aromatic N) is 2. The fraction of sp³-hybridized carbons (Fsp3) is 0.0233. The second-order valence-electron chi connectivity index (χ2n) is 12.5. The van der Waals surface area contributed by atoms with Crippen molar-refractivity contribution in [1.29, 1.82) is 0 Å². The van der Waals surface area contributed by atoms with Crippen LogP contribution >= 0.6 is 0 Å². The van der Waals surface area contributed by atoms with E-state index >= 15 is 0 Å². The number of hydrogen-bond donors (Lipinski definition) is 0. The summed E-state index contributed by atoms with van der Waals surface area (Å²) in [4.78, 5) is 0. The first-order valence-corrected chi connectivity index (χ1v) is 15.9. The van der Waals surface area contributed by atoms with Gasteiger partial charge in [-0.15, -0.1) is 0 Å². The van der Waals surface area contributed by atoms with Crippen LogP contribution in [0.25, 0.3) is 55.0 Å². The van der Waals surface area contributed by atoms with Gasteiger partial charge in [0.2, 0.25) is 0 Å². The molecule has 4 heterocycles. The van der Waals surface area contributed by atoms with Crippen molar-refractivity contribution in [2.24, 2.45) is 0 Å². The third kappa shape index (κ3) is 2.80. The minimum atomic E-state index is -0.600. The highest BCUT2D eigenvalue weighted by atomic mass is 16.5. The zero-order valence-corrected chi connectivity index (χ0v) is 24.8. The van der Waals surface area contributed by atoms with Crippen molar-refractivity contribution in [3.05, 3.63) is 180 Å². The van der Waals surface area contributed by atoms with Gasteiger partial charge in [-0.25, -0.2) is 0 Å². The van der Waals surface area contributed by atoms with E-state index < -0.39 is 5.41 Å². The molecular weight excluding hydrogens is 560 g/mol. The number of hydrogen-bond acceptors (Lipinski definition) is 1. The molecule has 1 atom stereocenters. The minimum Gasteiger partial charge on any atom is -0.457 e. The fourth-order valence-electron chi connectivity index (χ4n) is 8.64. The molecule has 2 aliphatic rings. The van der Waals surface area contributed by atoms with Crippen LogP contribution in [0, 0.1) is 0 Å². The van der Waals surface area contributed by atoms with E-state index in [1.807, 2.05) is 0 Å². The Kier molecular flexibility index (Phi) is 4.52. The molecule has 11 rings (SSSR count). The number of ether oxygens (including phenoxy) is 1. The summed E-state index contributed by atoms with van der Waals surface area (Å²) in [7, 11) is 0. The molecule has 9 aromatic rings. The van der Waals surface area contributed by atoms with Crippen molar-refractivity contribution in [1.82, 2.24) is 9.13 Å². The maximum atomic E-state index is 6.92. The number of aromatic nitrogens is 2. The Balaban J connectivity index is 1.38. The second-order valence-corrected chi connectivity index (χ2v) is 12.5. The van der Waals surface area contributed by atoms with Crippen molar-refractivity contribution in [3.63, 3.8) is 0 Å². The van der Waals surface area contributed by atoms with Crippen LogP contribution in [0.2, 0.25) is 0 Å². The third-order valence-corrected chi connectivity index (χ3v) is 10.4. The van der Waals surface area contributed by atoms with E-state index in [1.165, 1.54) is 66.0 Å². The Hall–Kier alpha value is -6.06. The molecule has 0 fully saturated rings. The van der Waals surface area contributed by atoms with Crippen molar-refractivity contribution in [2.45, 2.75) is 5.41 Å². The Labute approximate surface area is 265 Å². The number of para-hydroxylation sites is 6. The van der Waals surface area contributed by atoms with E-state index in [2.05, 4.69) is 167 Å².